The molecule has 0 spiro atoms. The molecule has 0 aromatic heterocycles. The Bertz CT molecular complexity index is 390. The number of nitrogens with one attached hydrogen (secondary N) is 2. The summed E-state index contributed by atoms with van der Waals surface area (Å²) in [5.41, 5.74) is 5.49. The third kappa shape index (κ3) is 4.15. The van der Waals surface area contributed by atoms with Gasteiger partial charge in [0.15, 0.2) is 0 Å². The fourth-order valence-corrected chi connectivity index (χ4v) is 3.08. The van der Waals surface area contributed by atoms with Crippen LogP contribution in [0.2, 0.25) is 0 Å². The normalized spacial score (nSPS) is 29.7. The summed E-state index contributed by atoms with van der Waals surface area (Å²) in [4.78, 5) is 22.7. The Kier molecular flexibility index (Phi) is 6.12. The molecular formula is C14H27N3O4. The lowest BCUT2D eigenvalue weighted by Gasteiger charge is -2.41. The van der Waals surface area contributed by atoms with Crippen LogP contribution in [0, 0.1) is 0 Å². The van der Waals surface area contributed by atoms with Crippen molar-refractivity contribution in [3.8, 4) is 0 Å². The summed E-state index contributed by atoms with van der Waals surface area (Å²) in [5, 5.41) is 15.1. The molecule has 7 heteroatoms. The number of aliphatic carboxylic acids is 1. The van der Waals surface area contributed by atoms with Gasteiger partial charge in [0.1, 0.15) is 6.04 Å². The molecule has 0 radical (unpaired) electrons. The van der Waals surface area contributed by atoms with Crippen LogP contribution in [0.4, 0.5) is 0 Å². The van der Waals surface area contributed by atoms with Gasteiger partial charge in [0, 0.05) is 26.1 Å². The summed E-state index contributed by atoms with van der Waals surface area (Å²) < 4.78 is 5.64. The van der Waals surface area contributed by atoms with Gasteiger partial charge in [0.2, 0.25) is 5.91 Å². The van der Waals surface area contributed by atoms with Crippen LogP contribution in [0.15, 0.2) is 0 Å². The highest BCUT2D eigenvalue weighted by Crippen LogP contribution is 2.28. The zero-order valence-electron chi connectivity index (χ0n) is 13.2. The summed E-state index contributed by atoms with van der Waals surface area (Å²) in [6.45, 7) is 5.38. The standard InChI is InChI=1S/C14H27N3O4/c1-5-6-14(3,21-4)12(16-8(2)18)11-9(15)7-10(17-11)13(19)20/h9-12,17H,5-7,15H2,1-4H3,(H,16,18)(H,19,20)/t9-,10-,11-,12-,14+/m1/s1. The van der Waals surface area contributed by atoms with Crippen molar-refractivity contribution < 1.29 is 19.4 Å². The molecule has 21 heavy (non-hydrogen) atoms. The van der Waals surface area contributed by atoms with Crippen LogP contribution in [0.25, 0.3) is 0 Å². The number of ether oxygens (including phenoxy) is 1. The Morgan fingerprint density at radius 2 is 2.19 bits per heavy atom. The SMILES string of the molecule is CCC[C@](C)(OC)[C@H](NC(C)=O)[C@@H]1N[C@@H](C(=O)O)C[C@H]1N. The van der Waals surface area contributed by atoms with E-state index in [1.54, 1.807) is 7.11 Å². The van der Waals surface area contributed by atoms with E-state index >= 15 is 0 Å². The molecule has 1 rings (SSSR count). The van der Waals surface area contributed by atoms with Crippen LogP contribution < -0.4 is 16.4 Å². The van der Waals surface area contributed by atoms with Crippen molar-refractivity contribution in [1.82, 2.24) is 10.6 Å². The van der Waals surface area contributed by atoms with Crippen molar-refractivity contribution >= 4 is 11.9 Å². The molecule has 0 aromatic rings. The van der Waals surface area contributed by atoms with Gasteiger partial charge in [-0.3, -0.25) is 14.9 Å². The third-order valence-corrected chi connectivity index (χ3v) is 4.25. The quantitative estimate of drug-likeness (QED) is 0.519. The van der Waals surface area contributed by atoms with Gasteiger partial charge in [-0.05, 0) is 19.8 Å². The smallest absolute Gasteiger partial charge is 0.320 e. The van der Waals surface area contributed by atoms with E-state index in [2.05, 4.69) is 10.6 Å². The highest BCUT2D eigenvalue weighted by Gasteiger charge is 2.47. The second-order valence-corrected chi connectivity index (χ2v) is 5.93. The van der Waals surface area contributed by atoms with Gasteiger partial charge in [-0.15, -0.1) is 0 Å². The number of carbonyl (C=O) groups excluding carboxylic acids is 1. The van der Waals surface area contributed by atoms with Crippen LogP contribution in [0.1, 0.15) is 40.0 Å². The first kappa shape index (κ1) is 17.9. The molecule has 0 aromatic carbocycles. The van der Waals surface area contributed by atoms with Crippen LogP contribution in [0.5, 0.6) is 0 Å². The molecule has 1 heterocycles. The highest BCUT2D eigenvalue weighted by atomic mass is 16.5. The predicted molar refractivity (Wildman–Crippen MR) is 78.9 cm³/mol. The first-order chi connectivity index (χ1) is 9.75. The second kappa shape index (κ2) is 7.20. The minimum absolute atomic E-state index is 0.188. The maximum atomic E-state index is 11.5. The predicted octanol–water partition coefficient (Wildman–Crippen LogP) is -0.161. The molecule has 0 aliphatic carbocycles. The van der Waals surface area contributed by atoms with Crippen LogP contribution in [-0.4, -0.2) is 53.9 Å². The molecular weight excluding hydrogens is 274 g/mol. The first-order valence-corrected chi connectivity index (χ1v) is 7.31. The van der Waals surface area contributed by atoms with Gasteiger partial charge in [-0.1, -0.05) is 13.3 Å². The Morgan fingerprint density at radius 1 is 1.57 bits per heavy atom. The van der Waals surface area contributed by atoms with Gasteiger partial charge in [0.25, 0.3) is 0 Å². The fourth-order valence-electron chi connectivity index (χ4n) is 3.08. The molecule has 122 valence electrons. The van der Waals surface area contributed by atoms with Crippen LogP contribution in [-0.2, 0) is 14.3 Å². The zero-order chi connectivity index (χ0) is 16.2. The minimum atomic E-state index is -0.927. The third-order valence-electron chi connectivity index (χ3n) is 4.25. The van der Waals surface area contributed by atoms with Crippen molar-refractivity contribution in [3.05, 3.63) is 0 Å². The molecule has 1 saturated heterocycles. The van der Waals surface area contributed by atoms with Gasteiger partial charge < -0.3 is 20.9 Å². The average molecular weight is 301 g/mol. The lowest BCUT2D eigenvalue weighted by atomic mass is 9.84. The number of carbonyl (C=O) groups is 2. The number of carboxylic acid groups (broad SMARTS) is 1. The number of hydrogen-bond donors (Lipinski definition) is 4. The average Bonchev–Trinajstić information content (AvgIpc) is 2.78. The van der Waals surface area contributed by atoms with Gasteiger partial charge in [-0.25, -0.2) is 0 Å². The Morgan fingerprint density at radius 3 is 2.57 bits per heavy atom. The minimum Gasteiger partial charge on any atom is -0.480 e. The van der Waals surface area contributed by atoms with E-state index in [1.807, 2.05) is 13.8 Å². The molecule has 5 N–H and O–H groups in total. The summed E-state index contributed by atoms with van der Waals surface area (Å²) in [5.74, 6) is -1.11. The van der Waals surface area contributed by atoms with Crippen molar-refractivity contribution in [1.29, 1.82) is 0 Å². The molecule has 1 aliphatic rings. The molecule has 0 saturated carbocycles. The number of hydrogen-bond acceptors (Lipinski definition) is 5. The largest absolute Gasteiger partial charge is 0.480 e. The van der Waals surface area contributed by atoms with E-state index in [9.17, 15) is 9.59 Å². The number of methoxy groups -OCH3 is 1. The fraction of sp³-hybridized carbons (Fsp3) is 0.857. The van der Waals surface area contributed by atoms with Crippen LogP contribution >= 0.6 is 0 Å². The molecule has 0 bridgehead atoms. The van der Waals surface area contributed by atoms with E-state index in [-0.39, 0.29) is 24.0 Å². The van der Waals surface area contributed by atoms with E-state index in [1.165, 1.54) is 6.92 Å². The van der Waals surface area contributed by atoms with Crippen molar-refractivity contribution in [2.45, 2.75) is 69.8 Å². The lowest BCUT2D eigenvalue weighted by Crippen LogP contribution is -2.64. The van der Waals surface area contributed by atoms with E-state index < -0.39 is 17.6 Å². The Balaban J connectivity index is 3.02. The monoisotopic (exact) mass is 301 g/mol. The summed E-state index contributed by atoms with van der Waals surface area (Å²) in [6, 6.07) is -1.77. The van der Waals surface area contributed by atoms with Crippen molar-refractivity contribution in [2.24, 2.45) is 5.73 Å². The number of rotatable bonds is 7. The summed E-state index contributed by atoms with van der Waals surface area (Å²) >= 11 is 0. The molecule has 1 aliphatic heterocycles. The van der Waals surface area contributed by atoms with E-state index in [0.717, 1.165) is 12.8 Å². The van der Waals surface area contributed by atoms with Crippen LogP contribution in [0.3, 0.4) is 0 Å². The first-order valence-electron chi connectivity index (χ1n) is 7.31. The van der Waals surface area contributed by atoms with E-state index in [0.29, 0.717) is 6.42 Å². The molecule has 1 fully saturated rings. The van der Waals surface area contributed by atoms with Gasteiger partial charge in [0.05, 0.1) is 11.6 Å². The number of amides is 1. The lowest BCUT2D eigenvalue weighted by molar-refractivity contribution is -0.139. The van der Waals surface area contributed by atoms with Gasteiger partial charge >= 0.3 is 5.97 Å². The molecule has 0 unspecified atom stereocenters. The zero-order valence-corrected chi connectivity index (χ0v) is 13.2. The van der Waals surface area contributed by atoms with Gasteiger partial charge in [-0.2, -0.15) is 0 Å². The molecule has 1 amide bonds. The maximum Gasteiger partial charge on any atom is 0.320 e. The number of nitrogens with two attached hydrogens (primary N) is 1. The van der Waals surface area contributed by atoms with E-state index in [4.69, 9.17) is 15.6 Å². The van der Waals surface area contributed by atoms with Crippen molar-refractivity contribution in [3.63, 3.8) is 0 Å². The maximum absolute atomic E-state index is 11.5. The number of carboxylic acids is 1. The summed E-state index contributed by atoms with van der Waals surface area (Å²) in [7, 11) is 1.60. The Labute approximate surface area is 125 Å². The van der Waals surface area contributed by atoms with Crippen molar-refractivity contribution in [2.75, 3.05) is 7.11 Å². The highest BCUT2D eigenvalue weighted by molar-refractivity contribution is 5.75. The Hall–Kier alpha value is -1.18. The molecule has 5 atom stereocenters. The topological polar surface area (TPSA) is 114 Å². The summed E-state index contributed by atoms with van der Waals surface area (Å²) in [6.07, 6.45) is 1.95. The second-order valence-electron chi connectivity index (χ2n) is 5.93. The molecule has 7 nitrogen and oxygen atoms in total.